The van der Waals surface area contributed by atoms with Crippen LogP contribution in [0.4, 0.5) is 4.79 Å². The van der Waals surface area contributed by atoms with Crippen molar-refractivity contribution in [3.8, 4) is 5.00 Å². The van der Waals surface area contributed by atoms with Gasteiger partial charge in [0.05, 0.1) is 24.2 Å². The fourth-order valence-corrected chi connectivity index (χ4v) is 4.53. The molecule has 1 fully saturated rings. The summed E-state index contributed by atoms with van der Waals surface area (Å²) in [5, 5.41) is 16.2. The van der Waals surface area contributed by atoms with Crippen molar-refractivity contribution in [2.24, 2.45) is 0 Å². The van der Waals surface area contributed by atoms with E-state index in [9.17, 15) is 13.2 Å². The van der Waals surface area contributed by atoms with Crippen molar-refractivity contribution in [1.82, 2.24) is 25.6 Å². The lowest BCUT2D eigenvalue weighted by molar-refractivity contribution is 0.237. The molecule has 22 heavy (non-hydrogen) atoms. The van der Waals surface area contributed by atoms with Crippen LogP contribution in [-0.2, 0) is 16.4 Å². The highest BCUT2D eigenvalue weighted by Gasteiger charge is 2.28. The van der Waals surface area contributed by atoms with Gasteiger partial charge in [0, 0.05) is 6.04 Å². The molecule has 2 amide bonds. The minimum Gasteiger partial charge on any atom is -0.334 e. The summed E-state index contributed by atoms with van der Waals surface area (Å²) in [4.78, 5) is 11.7. The molecule has 2 aromatic rings. The first-order valence-corrected chi connectivity index (χ1v) is 9.42. The van der Waals surface area contributed by atoms with E-state index in [2.05, 4.69) is 20.9 Å². The Hall–Kier alpha value is -1.94. The maximum atomic E-state index is 11.7. The number of hydrogen-bond acceptors (Lipinski definition) is 6. The number of thiophene rings is 1. The van der Waals surface area contributed by atoms with Gasteiger partial charge in [-0.25, -0.2) is 17.9 Å². The van der Waals surface area contributed by atoms with Crippen LogP contribution in [0.3, 0.4) is 0 Å². The Balaban J connectivity index is 1.49. The summed E-state index contributed by atoms with van der Waals surface area (Å²) in [5.74, 6) is 0.141. The minimum absolute atomic E-state index is 0.00891. The monoisotopic (exact) mass is 341 g/mol. The lowest BCUT2D eigenvalue weighted by atomic mass is 10.3. The first-order valence-electron chi connectivity index (χ1n) is 6.72. The van der Waals surface area contributed by atoms with E-state index in [1.807, 2.05) is 17.5 Å². The van der Waals surface area contributed by atoms with E-state index < -0.39 is 15.9 Å². The molecule has 0 spiro atoms. The van der Waals surface area contributed by atoms with Gasteiger partial charge in [-0.2, -0.15) is 0 Å². The summed E-state index contributed by atoms with van der Waals surface area (Å²) in [6.45, 7) is 0.233. The zero-order valence-electron chi connectivity index (χ0n) is 11.6. The van der Waals surface area contributed by atoms with Crippen LogP contribution in [0.15, 0.2) is 23.7 Å². The molecule has 2 N–H and O–H groups in total. The molecule has 1 atom stereocenters. The highest BCUT2D eigenvalue weighted by Crippen LogP contribution is 2.13. The molecule has 2 aromatic heterocycles. The van der Waals surface area contributed by atoms with E-state index in [0.29, 0.717) is 12.1 Å². The van der Waals surface area contributed by atoms with E-state index in [1.165, 1.54) is 11.3 Å². The third kappa shape index (κ3) is 3.63. The van der Waals surface area contributed by atoms with Gasteiger partial charge in [0.25, 0.3) is 0 Å². The molecule has 1 unspecified atom stereocenters. The van der Waals surface area contributed by atoms with E-state index in [-0.39, 0.29) is 24.1 Å². The highest BCUT2D eigenvalue weighted by atomic mass is 32.2. The summed E-state index contributed by atoms with van der Waals surface area (Å²) in [6, 6.07) is 3.13. The average molecular weight is 341 g/mol. The Morgan fingerprint density at radius 2 is 2.36 bits per heavy atom. The normalized spacial score (nSPS) is 19.9. The highest BCUT2D eigenvalue weighted by molar-refractivity contribution is 7.91. The van der Waals surface area contributed by atoms with E-state index in [0.717, 1.165) is 5.00 Å². The summed E-state index contributed by atoms with van der Waals surface area (Å²) in [5.41, 5.74) is 0.627. The summed E-state index contributed by atoms with van der Waals surface area (Å²) in [7, 11) is -3.00. The summed E-state index contributed by atoms with van der Waals surface area (Å²) >= 11 is 1.54. The van der Waals surface area contributed by atoms with Gasteiger partial charge in [0.1, 0.15) is 10.7 Å². The zero-order valence-corrected chi connectivity index (χ0v) is 13.2. The van der Waals surface area contributed by atoms with Gasteiger partial charge in [0.2, 0.25) is 0 Å². The second-order valence-corrected chi connectivity index (χ2v) is 8.19. The SMILES string of the molecule is O=C(NCc1cn(-c2cccs2)nn1)NC1CCS(=O)(=O)C1. The molecular formula is C12H15N5O3S2. The van der Waals surface area contributed by atoms with Gasteiger partial charge in [-0.05, 0) is 23.9 Å². The first-order chi connectivity index (χ1) is 10.5. The van der Waals surface area contributed by atoms with Crippen molar-refractivity contribution >= 4 is 27.2 Å². The molecule has 0 aromatic carbocycles. The van der Waals surface area contributed by atoms with Crippen LogP contribution in [0.5, 0.6) is 0 Å². The number of aromatic nitrogens is 3. The molecule has 0 saturated carbocycles. The third-order valence-corrected chi connectivity index (χ3v) is 5.90. The number of carbonyl (C=O) groups excluding carboxylic acids is 1. The van der Waals surface area contributed by atoms with Crippen LogP contribution in [-0.4, -0.2) is 47.0 Å². The number of carbonyl (C=O) groups is 1. The molecule has 10 heteroatoms. The fourth-order valence-electron chi connectivity index (χ4n) is 2.20. The predicted molar refractivity (Wildman–Crippen MR) is 81.7 cm³/mol. The predicted octanol–water partition coefficient (Wildman–Crippen LogP) is 0.315. The van der Waals surface area contributed by atoms with Gasteiger partial charge >= 0.3 is 6.03 Å². The molecule has 0 aliphatic carbocycles. The Labute approximate surface area is 131 Å². The molecule has 118 valence electrons. The molecule has 8 nitrogen and oxygen atoms in total. The molecule has 0 bridgehead atoms. The second-order valence-electron chi connectivity index (χ2n) is 5.03. The number of sulfone groups is 1. The van der Waals surface area contributed by atoms with Gasteiger partial charge in [0.15, 0.2) is 9.84 Å². The van der Waals surface area contributed by atoms with E-state index in [4.69, 9.17) is 0 Å². The van der Waals surface area contributed by atoms with Crippen LogP contribution in [0.2, 0.25) is 0 Å². The van der Waals surface area contributed by atoms with Gasteiger partial charge in [-0.1, -0.05) is 5.21 Å². The molecular weight excluding hydrogens is 326 g/mol. The van der Waals surface area contributed by atoms with Crippen LogP contribution in [0.1, 0.15) is 12.1 Å². The van der Waals surface area contributed by atoms with Gasteiger partial charge in [-0.15, -0.1) is 16.4 Å². The topological polar surface area (TPSA) is 106 Å². The number of nitrogens with one attached hydrogen (secondary N) is 2. The van der Waals surface area contributed by atoms with Crippen molar-refractivity contribution in [2.75, 3.05) is 11.5 Å². The van der Waals surface area contributed by atoms with Crippen LogP contribution >= 0.6 is 11.3 Å². The minimum atomic E-state index is -3.00. The average Bonchev–Trinajstić information content (AvgIpc) is 3.16. The van der Waals surface area contributed by atoms with Crippen LogP contribution in [0.25, 0.3) is 5.00 Å². The number of hydrogen-bond donors (Lipinski definition) is 2. The van der Waals surface area contributed by atoms with E-state index >= 15 is 0 Å². The molecule has 1 saturated heterocycles. The van der Waals surface area contributed by atoms with Crippen molar-refractivity contribution in [2.45, 2.75) is 19.0 Å². The Bertz CT molecular complexity index is 754. The summed E-state index contributed by atoms with van der Waals surface area (Å²) in [6.07, 6.45) is 2.20. The quantitative estimate of drug-likeness (QED) is 0.833. The third-order valence-electron chi connectivity index (χ3n) is 3.27. The number of urea groups is 1. The maximum Gasteiger partial charge on any atom is 0.315 e. The Morgan fingerprint density at radius 1 is 1.50 bits per heavy atom. The standard InChI is InChI=1S/C12H15N5O3S2/c18-12(14-9-3-5-22(19,20)8-9)13-6-10-7-17(16-15-10)11-2-1-4-21-11/h1-2,4,7,9H,3,5-6,8H2,(H2,13,14,18). The molecule has 3 heterocycles. The molecule has 1 aliphatic heterocycles. The number of amides is 2. The van der Waals surface area contributed by atoms with Crippen molar-refractivity contribution in [1.29, 1.82) is 0 Å². The Kier molecular flexibility index (Phi) is 4.12. The van der Waals surface area contributed by atoms with Gasteiger partial charge < -0.3 is 10.6 Å². The van der Waals surface area contributed by atoms with Crippen molar-refractivity contribution in [3.63, 3.8) is 0 Å². The van der Waals surface area contributed by atoms with E-state index in [1.54, 1.807) is 10.9 Å². The lowest BCUT2D eigenvalue weighted by Gasteiger charge is -2.11. The molecule has 1 aliphatic rings. The largest absolute Gasteiger partial charge is 0.334 e. The van der Waals surface area contributed by atoms with Crippen molar-refractivity contribution < 1.29 is 13.2 Å². The lowest BCUT2D eigenvalue weighted by Crippen LogP contribution is -2.42. The first kappa shape index (κ1) is 15.0. The van der Waals surface area contributed by atoms with Crippen molar-refractivity contribution in [3.05, 3.63) is 29.4 Å². The smallest absolute Gasteiger partial charge is 0.315 e. The summed E-state index contributed by atoms with van der Waals surface area (Å²) < 4.78 is 24.3. The molecule has 3 rings (SSSR count). The maximum absolute atomic E-state index is 11.7. The fraction of sp³-hybridized carbons (Fsp3) is 0.417. The number of rotatable bonds is 4. The van der Waals surface area contributed by atoms with Crippen LogP contribution < -0.4 is 10.6 Å². The second kappa shape index (κ2) is 6.05. The van der Waals surface area contributed by atoms with Gasteiger partial charge in [-0.3, -0.25) is 0 Å². The Morgan fingerprint density at radius 3 is 3.05 bits per heavy atom. The molecule has 0 radical (unpaired) electrons. The zero-order chi connectivity index (χ0) is 15.6. The van der Waals surface area contributed by atoms with Crippen LogP contribution in [0, 0.1) is 0 Å². The number of nitrogens with zero attached hydrogens (tertiary/aromatic N) is 3.